The van der Waals surface area contributed by atoms with E-state index in [9.17, 15) is 4.79 Å². The molecule has 0 heterocycles. The molecule has 0 radical (unpaired) electrons. The van der Waals surface area contributed by atoms with Gasteiger partial charge in [0.1, 0.15) is 5.78 Å². The van der Waals surface area contributed by atoms with Crippen molar-refractivity contribution in [1.29, 1.82) is 0 Å². The minimum absolute atomic E-state index is 0.129. The van der Waals surface area contributed by atoms with Crippen molar-refractivity contribution in [3.63, 3.8) is 0 Å². The Balaban J connectivity index is 3.91. The Bertz CT molecular complexity index is 311. The van der Waals surface area contributed by atoms with Crippen LogP contribution in [0.5, 0.6) is 0 Å². The molecule has 0 saturated carbocycles. The smallest absolute Gasteiger partial charge is 0.134 e. The Morgan fingerprint density at radius 1 is 1.00 bits per heavy atom. The van der Waals surface area contributed by atoms with Crippen LogP contribution in [0.3, 0.4) is 0 Å². The topological polar surface area (TPSA) is 47.6 Å². The first kappa shape index (κ1) is 21.6. The van der Waals surface area contributed by atoms with Gasteiger partial charge in [-0.1, -0.05) is 20.8 Å². The van der Waals surface area contributed by atoms with Crippen LogP contribution in [0, 0.1) is 0 Å². The van der Waals surface area contributed by atoms with Crippen molar-refractivity contribution >= 4 is 5.78 Å². The van der Waals surface area contributed by atoms with E-state index in [0.717, 1.165) is 19.4 Å². The molecule has 0 amide bonds. The molecular weight excluding hydrogens is 278 g/mol. The Morgan fingerprint density at radius 3 is 2.09 bits per heavy atom. The molecule has 0 aromatic heterocycles. The molecule has 4 heteroatoms. The van der Waals surface area contributed by atoms with E-state index in [-0.39, 0.29) is 17.0 Å². The summed E-state index contributed by atoms with van der Waals surface area (Å²) in [6.45, 7) is 16.7. The summed E-state index contributed by atoms with van der Waals surface area (Å²) >= 11 is 0. The van der Waals surface area contributed by atoms with Crippen LogP contribution in [0.25, 0.3) is 0 Å². The van der Waals surface area contributed by atoms with E-state index >= 15 is 0 Å². The molecule has 0 aromatic rings. The predicted molar refractivity (Wildman–Crippen MR) is 92.3 cm³/mol. The summed E-state index contributed by atoms with van der Waals surface area (Å²) in [5.74, 6) is 0.255. The Kier molecular flexibility index (Phi) is 10.1. The number of hydrogen-bond acceptors (Lipinski definition) is 4. The van der Waals surface area contributed by atoms with Gasteiger partial charge in [0.05, 0.1) is 24.4 Å². The zero-order chi connectivity index (χ0) is 17.2. The molecule has 22 heavy (non-hydrogen) atoms. The summed E-state index contributed by atoms with van der Waals surface area (Å²) in [5.41, 5.74) is -0.379. The number of rotatable bonds is 13. The maximum Gasteiger partial charge on any atom is 0.134 e. The van der Waals surface area contributed by atoms with Crippen LogP contribution in [-0.4, -0.2) is 42.8 Å². The monoisotopic (exact) mass is 315 g/mol. The fourth-order valence-corrected chi connectivity index (χ4v) is 2.00. The first-order valence-electron chi connectivity index (χ1n) is 8.61. The van der Waals surface area contributed by atoms with Gasteiger partial charge in [0.2, 0.25) is 0 Å². The molecule has 0 aromatic carbocycles. The van der Waals surface area contributed by atoms with E-state index in [1.165, 1.54) is 0 Å². The lowest BCUT2D eigenvalue weighted by Crippen LogP contribution is -2.35. The third-order valence-corrected chi connectivity index (χ3v) is 3.74. The molecule has 1 N–H and O–H groups in total. The fourth-order valence-electron chi connectivity index (χ4n) is 2.00. The summed E-state index contributed by atoms with van der Waals surface area (Å²) in [6.07, 6.45) is 2.91. The first-order valence-corrected chi connectivity index (χ1v) is 8.61. The molecule has 4 nitrogen and oxygen atoms in total. The van der Waals surface area contributed by atoms with E-state index < -0.39 is 0 Å². The van der Waals surface area contributed by atoms with Crippen molar-refractivity contribution in [2.45, 2.75) is 91.4 Å². The molecule has 0 rings (SSSR count). The lowest BCUT2D eigenvalue weighted by molar-refractivity contribution is -0.122. The highest BCUT2D eigenvalue weighted by Gasteiger charge is 2.22. The van der Waals surface area contributed by atoms with E-state index in [1.54, 1.807) is 0 Å². The normalized spacial score (nSPS) is 12.9. The highest BCUT2D eigenvalue weighted by atomic mass is 16.5. The van der Waals surface area contributed by atoms with Crippen molar-refractivity contribution in [3.8, 4) is 0 Å². The van der Waals surface area contributed by atoms with Gasteiger partial charge in [-0.05, 0) is 47.1 Å². The predicted octanol–water partition coefficient (Wildman–Crippen LogP) is 3.72. The molecule has 0 unspecified atom stereocenters. The molecule has 0 aliphatic carbocycles. The van der Waals surface area contributed by atoms with E-state index in [4.69, 9.17) is 9.47 Å². The number of Topliss-reactive ketones (excluding diaryl/α,β-unsaturated/α-hetero) is 1. The van der Waals surface area contributed by atoms with Gasteiger partial charge in [-0.3, -0.25) is 4.79 Å². The molecule has 0 aliphatic rings. The van der Waals surface area contributed by atoms with Gasteiger partial charge < -0.3 is 14.8 Å². The van der Waals surface area contributed by atoms with Crippen molar-refractivity contribution < 1.29 is 14.3 Å². The maximum atomic E-state index is 11.3. The van der Waals surface area contributed by atoms with Crippen LogP contribution < -0.4 is 5.32 Å². The van der Waals surface area contributed by atoms with Crippen molar-refractivity contribution in [3.05, 3.63) is 0 Å². The lowest BCUT2D eigenvalue weighted by atomic mass is 10.0. The number of ketones is 1. The number of carbonyl (C=O) groups excluding carboxylic acids is 1. The van der Waals surface area contributed by atoms with Crippen LogP contribution >= 0.6 is 0 Å². The quantitative estimate of drug-likeness (QED) is 0.562. The lowest BCUT2D eigenvalue weighted by Gasteiger charge is -2.30. The highest BCUT2D eigenvalue weighted by molar-refractivity contribution is 5.78. The van der Waals surface area contributed by atoms with Gasteiger partial charge in [-0.15, -0.1) is 0 Å². The second-order valence-electron chi connectivity index (χ2n) is 7.47. The molecule has 0 aliphatic heterocycles. The van der Waals surface area contributed by atoms with Crippen molar-refractivity contribution in [2.75, 3.05) is 19.8 Å². The molecule has 0 bridgehead atoms. The Morgan fingerprint density at radius 2 is 1.55 bits per heavy atom. The molecule has 132 valence electrons. The van der Waals surface area contributed by atoms with E-state index in [0.29, 0.717) is 32.1 Å². The third-order valence-electron chi connectivity index (χ3n) is 3.74. The first-order chi connectivity index (χ1) is 10.1. The standard InChI is InChI=1S/C18H37NO3/c1-8-16(20)9-13-21-18(6,7)11-14-22-17(4,5)10-12-19-15(2)3/h15,19H,8-14H2,1-7H3. The summed E-state index contributed by atoms with van der Waals surface area (Å²) in [5, 5.41) is 3.42. The highest BCUT2D eigenvalue weighted by Crippen LogP contribution is 2.19. The van der Waals surface area contributed by atoms with Gasteiger partial charge >= 0.3 is 0 Å². The van der Waals surface area contributed by atoms with Gasteiger partial charge in [0.25, 0.3) is 0 Å². The Labute approximate surface area is 137 Å². The largest absolute Gasteiger partial charge is 0.375 e. The summed E-state index contributed by atoms with van der Waals surface area (Å²) < 4.78 is 11.8. The molecular formula is C18H37NO3. The second kappa shape index (κ2) is 10.3. The molecule has 0 spiro atoms. The van der Waals surface area contributed by atoms with E-state index in [1.807, 2.05) is 6.92 Å². The zero-order valence-electron chi connectivity index (χ0n) is 15.8. The number of nitrogens with one attached hydrogen (secondary N) is 1. The minimum atomic E-state index is -0.250. The van der Waals surface area contributed by atoms with Gasteiger partial charge in [-0.25, -0.2) is 0 Å². The van der Waals surface area contributed by atoms with Crippen LogP contribution in [0.2, 0.25) is 0 Å². The average molecular weight is 315 g/mol. The molecule has 0 fully saturated rings. The van der Waals surface area contributed by atoms with Crippen LogP contribution in [0.4, 0.5) is 0 Å². The van der Waals surface area contributed by atoms with Crippen LogP contribution in [0.15, 0.2) is 0 Å². The van der Waals surface area contributed by atoms with Crippen LogP contribution in [-0.2, 0) is 14.3 Å². The van der Waals surface area contributed by atoms with Crippen molar-refractivity contribution in [1.82, 2.24) is 5.32 Å². The summed E-state index contributed by atoms with van der Waals surface area (Å²) in [7, 11) is 0. The van der Waals surface area contributed by atoms with Crippen molar-refractivity contribution in [2.24, 2.45) is 0 Å². The van der Waals surface area contributed by atoms with Gasteiger partial charge in [-0.2, -0.15) is 0 Å². The zero-order valence-corrected chi connectivity index (χ0v) is 15.8. The van der Waals surface area contributed by atoms with E-state index in [2.05, 4.69) is 46.9 Å². The summed E-state index contributed by atoms with van der Waals surface area (Å²) in [6, 6.07) is 0.508. The SMILES string of the molecule is CCC(=O)CCOC(C)(C)CCOC(C)(C)CCNC(C)C. The van der Waals surface area contributed by atoms with Gasteiger partial charge in [0, 0.05) is 18.9 Å². The average Bonchev–Trinajstić information content (AvgIpc) is 2.36. The fraction of sp³-hybridized carbons (Fsp3) is 0.944. The Hall–Kier alpha value is -0.450. The number of hydrogen-bond donors (Lipinski definition) is 1. The number of ether oxygens (including phenoxy) is 2. The molecule has 0 atom stereocenters. The summed E-state index contributed by atoms with van der Waals surface area (Å²) in [4.78, 5) is 11.3. The maximum absolute atomic E-state index is 11.3. The minimum Gasteiger partial charge on any atom is -0.375 e. The second-order valence-corrected chi connectivity index (χ2v) is 7.47. The third kappa shape index (κ3) is 12.1. The molecule has 0 saturated heterocycles. The number of carbonyl (C=O) groups is 1. The van der Waals surface area contributed by atoms with Crippen LogP contribution in [0.1, 0.15) is 74.1 Å². The van der Waals surface area contributed by atoms with Gasteiger partial charge in [0.15, 0.2) is 0 Å².